The van der Waals surface area contributed by atoms with Gasteiger partial charge in [-0.15, -0.1) is 0 Å². The lowest BCUT2D eigenvalue weighted by Gasteiger charge is -2.31. The normalized spacial score (nSPS) is 13.4. The number of rotatable bonds is 4. The number of H-pyrrole nitrogens is 1. The number of carbonyl (C=O) groups excluding carboxylic acids is 1. The number of fused-ring (bicyclic) bond motifs is 1. The Bertz CT molecular complexity index is 1120. The van der Waals surface area contributed by atoms with E-state index < -0.39 is 11.8 Å². The van der Waals surface area contributed by atoms with E-state index in [1.807, 2.05) is 6.07 Å². The predicted octanol–water partition coefficient (Wildman–Crippen LogP) is 1.35. The first kappa shape index (κ1) is 15.8. The average molecular weight is 350 g/mol. The van der Waals surface area contributed by atoms with Crippen LogP contribution in [0.25, 0.3) is 11.0 Å². The molecule has 26 heavy (non-hydrogen) atoms. The molecule has 4 rings (SSSR count). The molecule has 0 saturated carbocycles. The van der Waals surface area contributed by atoms with Crippen molar-refractivity contribution in [3.8, 4) is 0 Å². The fourth-order valence-electron chi connectivity index (χ4n) is 2.68. The standard InChI is InChI=1S/C17H14N6O3/c1-17(22-8-7-18-11-22,26-16(25)12-5-3-2-4-6-12)23-14-13(9-21-23)15(24)20-10-19-14/h2-11H,1H3,(H,19,20,24). The number of nitrogens with one attached hydrogen (secondary N) is 1. The van der Waals surface area contributed by atoms with Gasteiger partial charge >= 0.3 is 5.97 Å². The van der Waals surface area contributed by atoms with Gasteiger partial charge in [0.2, 0.25) is 0 Å². The van der Waals surface area contributed by atoms with Crippen LogP contribution < -0.4 is 5.56 Å². The van der Waals surface area contributed by atoms with Gasteiger partial charge in [-0.3, -0.25) is 9.36 Å². The maximum Gasteiger partial charge on any atom is 0.341 e. The number of ether oxygens (including phenoxy) is 1. The Labute approximate surface area is 146 Å². The molecular formula is C17H14N6O3. The lowest BCUT2D eigenvalue weighted by Crippen LogP contribution is -2.43. The first-order chi connectivity index (χ1) is 12.6. The third-order valence-electron chi connectivity index (χ3n) is 4.04. The van der Waals surface area contributed by atoms with E-state index in [0.717, 1.165) is 0 Å². The number of hydrogen-bond donors (Lipinski definition) is 1. The molecule has 130 valence electrons. The Balaban J connectivity index is 1.86. The Morgan fingerprint density at radius 1 is 1.27 bits per heavy atom. The maximum atomic E-state index is 12.7. The van der Waals surface area contributed by atoms with Crippen LogP contribution in [0, 0.1) is 0 Å². The molecule has 1 unspecified atom stereocenters. The SMILES string of the molecule is CC(OC(=O)c1ccccc1)(n1ccnc1)n1ncc2c(=O)[nH]cnc21. The fraction of sp³-hybridized carbons (Fsp3) is 0.118. The van der Waals surface area contributed by atoms with Crippen molar-refractivity contribution in [2.45, 2.75) is 12.8 Å². The lowest BCUT2D eigenvalue weighted by atomic mass is 10.2. The van der Waals surface area contributed by atoms with Crippen molar-refractivity contribution in [2.75, 3.05) is 0 Å². The van der Waals surface area contributed by atoms with Gasteiger partial charge < -0.3 is 9.72 Å². The van der Waals surface area contributed by atoms with Crippen molar-refractivity contribution < 1.29 is 9.53 Å². The molecule has 9 heteroatoms. The molecule has 0 spiro atoms. The van der Waals surface area contributed by atoms with Crippen molar-refractivity contribution in [3.63, 3.8) is 0 Å². The van der Waals surface area contributed by atoms with Crippen LogP contribution in [0.3, 0.4) is 0 Å². The van der Waals surface area contributed by atoms with Crippen molar-refractivity contribution in [1.29, 1.82) is 0 Å². The molecule has 0 radical (unpaired) electrons. The molecule has 0 amide bonds. The minimum atomic E-state index is -1.41. The van der Waals surface area contributed by atoms with Gasteiger partial charge in [-0.1, -0.05) is 18.2 Å². The maximum absolute atomic E-state index is 12.7. The quantitative estimate of drug-likeness (QED) is 0.557. The summed E-state index contributed by atoms with van der Waals surface area (Å²) in [5.74, 6) is -1.96. The number of nitrogens with zero attached hydrogens (tertiary/aromatic N) is 5. The van der Waals surface area contributed by atoms with E-state index >= 15 is 0 Å². The molecule has 0 saturated heterocycles. The van der Waals surface area contributed by atoms with Crippen LogP contribution >= 0.6 is 0 Å². The fourth-order valence-corrected chi connectivity index (χ4v) is 2.68. The number of aromatic amines is 1. The van der Waals surface area contributed by atoms with E-state index in [1.54, 1.807) is 48.1 Å². The summed E-state index contributed by atoms with van der Waals surface area (Å²) in [6.45, 7) is 1.64. The van der Waals surface area contributed by atoms with Gasteiger partial charge in [-0.05, 0) is 12.1 Å². The minimum absolute atomic E-state index is 0.283. The Morgan fingerprint density at radius 2 is 2.08 bits per heavy atom. The second-order valence-corrected chi connectivity index (χ2v) is 5.68. The lowest BCUT2D eigenvalue weighted by molar-refractivity contribution is -0.0801. The summed E-state index contributed by atoms with van der Waals surface area (Å²) in [5.41, 5.74) is 0.343. The minimum Gasteiger partial charge on any atom is -0.414 e. The summed E-state index contributed by atoms with van der Waals surface area (Å²) in [4.78, 5) is 35.3. The topological polar surface area (TPSA) is 108 Å². The van der Waals surface area contributed by atoms with E-state index in [4.69, 9.17) is 4.74 Å². The van der Waals surface area contributed by atoms with Crippen molar-refractivity contribution >= 4 is 17.0 Å². The third-order valence-corrected chi connectivity index (χ3v) is 4.04. The molecule has 0 aliphatic carbocycles. The van der Waals surface area contributed by atoms with Crippen LogP contribution in [0.15, 0.2) is 66.4 Å². The van der Waals surface area contributed by atoms with Gasteiger partial charge in [-0.2, -0.15) is 9.78 Å². The first-order valence-electron chi connectivity index (χ1n) is 7.78. The Morgan fingerprint density at radius 3 is 2.81 bits per heavy atom. The zero-order valence-corrected chi connectivity index (χ0v) is 13.7. The van der Waals surface area contributed by atoms with Crippen molar-refractivity contribution in [2.24, 2.45) is 0 Å². The number of esters is 1. The van der Waals surface area contributed by atoms with Crippen LogP contribution in [0.5, 0.6) is 0 Å². The molecule has 3 heterocycles. The molecule has 0 aliphatic rings. The largest absolute Gasteiger partial charge is 0.414 e. The highest BCUT2D eigenvalue weighted by Crippen LogP contribution is 2.24. The molecule has 1 N–H and O–H groups in total. The Kier molecular flexibility index (Phi) is 3.61. The number of carbonyl (C=O) groups is 1. The molecule has 0 fully saturated rings. The van der Waals surface area contributed by atoms with Crippen LogP contribution in [-0.4, -0.2) is 35.3 Å². The first-order valence-corrected chi connectivity index (χ1v) is 7.78. The molecular weight excluding hydrogens is 336 g/mol. The van der Waals surface area contributed by atoms with E-state index in [0.29, 0.717) is 5.56 Å². The third kappa shape index (κ3) is 2.46. The monoisotopic (exact) mass is 350 g/mol. The molecule has 0 bridgehead atoms. The van der Waals surface area contributed by atoms with Gasteiger partial charge in [0.15, 0.2) is 5.65 Å². The summed E-state index contributed by atoms with van der Waals surface area (Å²) in [6, 6.07) is 8.61. The van der Waals surface area contributed by atoms with Gasteiger partial charge in [0.1, 0.15) is 5.39 Å². The highest BCUT2D eigenvalue weighted by molar-refractivity contribution is 5.89. The summed E-state index contributed by atoms with van der Waals surface area (Å²) < 4.78 is 8.74. The van der Waals surface area contributed by atoms with Gasteiger partial charge in [-0.25, -0.2) is 14.8 Å². The van der Waals surface area contributed by atoms with E-state index in [9.17, 15) is 9.59 Å². The molecule has 4 aromatic rings. The van der Waals surface area contributed by atoms with Crippen molar-refractivity contribution in [1.82, 2.24) is 29.3 Å². The highest BCUT2D eigenvalue weighted by atomic mass is 16.6. The van der Waals surface area contributed by atoms with E-state index in [-0.39, 0.29) is 16.6 Å². The highest BCUT2D eigenvalue weighted by Gasteiger charge is 2.36. The molecule has 1 atom stereocenters. The van der Waals surface area contributed by atoms with Gasteiger partial charge in [0, 0.05) is 19.3 Å². The summed E-state index contributed by atoms with van der Waals surface area (Å²) in [6.07, 6.45) is 7.35. The van der Waals surface area contributed by atoms with Gasteiger partial charge in [0.05, 0.1) is 24.4 Å². The van der Waals surface area contributed by atoms with Crippen LogP contribution in [-0.2, 0) is 10.6 Å². The zero-order chi connectivity index (χ0) is 18.1. The predicted molar refractivity (Wildman–Crippen MR) is 91.3 cm³/mol. The second-order valence-electron chi connectivity index (χ2n) is 5.68. The van der Waals surface area contributed by atoms with Crippen LogP contribution in [0.4, 0.5) is 0 Å². The van der Waals surface area contributed by atoms with E-state index in [1.165, 1.54) is 23.5 Å². The summed E-state index contributed by atoms with van der Waals surface area (Å²) >= 11 is 0. The second kappa shape index (κ2) is 5.96. The van der Waals surface area contributed by atoms with Crippen LogP contribution in [0.2, 0.25) is 0 Å². The number of imidazole rings is 1. The molecule has 1 aromatic carbocycles. The number of aromatic nitrogens is 6. The number of hydrogen-bond acceptors (Lipinski definition) is 6. The summed E-state index contributed by atoms with van der Waals surface area (Å²) in [7, 11) is 0. The molecule has 0 aliphatic heterocycles. The smallest absolute Gasteiger partial charge is 0.341 e. The van der Waals surface area contributed by atoms with E-state index in [2.05, 4.69) is 20.1 Å². The van der Waals surface area contributed by atoms with Crippen LogP contribution in [0.1, 0.15) is 17.3 Å². The Hall–Kier alpha value is -3.75. The zero-order valence-electron chi connectivity index (χ0n) is 13.7. The molecule has 3 aromatic heterocycles. The van der Waals surface area contributed by atoms with Crippen molar-refractivity contribution in [3.05, 3.63) is 77.5 Å². The summed E-state index contributed by atoms with van der Waals surface area (Å²) in [5, 5.41) is 4.53. The van der Waals surface area contributed by atoms with Gasteiger partial charge in [0.25, 0.3) is 11.4 Å². The molecule has 9 nitrogen and oxygen atoms in total. The number of benzene rings is 1. The average Bonchev–Trinajstić information content (AvgIpc) is 3.33.